The zero-order chi connectivity index (χ0) is 12.0. The van der Waals surface area contributed by atoms with Gasteiger partial charge in [-0.15, -0.1) is 11.6 Å². The number of esters is 1. The molecule has 88 valence electrons. The molecule has 0 aliphatic heterocycles. The first kappa shape index (κ1) is 13.0. The Morgan fingerprint density at radius 3 is 2.69 bits per heavy atom. The van der Waals surface area contributed by atoms with Crippen molar-refractivity contribution in [2.24, 2.45) is 5.92 Å². The summed E-state index contributed by atoms with van der Waals surface area (Å²) in [5.74, 6) is 0.303. The van der Waals surface area contributed by atoms with Crippen LogP contribution in [0.5, 0.6) is 0 Å². The second-order valence-electron chi connectivity index (χ2n) is 3.79. The van der Waals surface area contributed by atoms with Gasteiger partial charge >= 0.3 is 5.97 Å². The quantitative estimate of drug-likeness (QED) is 0.584. The van der Waals surface area contributed by atoms with Crippen LogP contribution in [0.2, 0.25) is 0 Å². The van der Waals surface area contributed by atoms with Gasteiger partial charge in [0.25, 0.3) is 0 Å². The Kier molecular flexibility index (Phi) is 5.33. The second kappa shape index (κ2) is 6.54. The van der Waals surface area contributed by atoms with Crippen molar-refractivity contribution >= 4 is 17.6 Å². The van der Waals surface area contributed by atoms with Crippen LogP contribution >= 0.6 is 11.6 Å². The van der Waals surface area contributed by atoms with E-state index >= 15 is 0 Å². The van der Waals surface area contributed by atoms with Gasteiger partial charge < -0.3 is 4.74 Å². The molecule has 3 heteroatoms. The molecule has 0 aliphatic rings. The van der Waals surface area contributed by atoms with Crippen LogP contribution < -0.4 is 0 Å². The first-order valence-corrected chi connectivity index (χ1v) is 5.96. The predicted molar refractivity (Wildman–Crippen MR) is 65.5 cm³/mol. The first-order valence-electron chi connectivity index (χ1n) is 5.42. The van der Waals surface area contributed by atoms with Crippen molar-refractivity contribution < 1.29 is 9.53 Å². The van der Waals surface area contributed by atoms with Crippen molar-refractivity contribution in [3.8, 4) is 0 Å². The molecule has 1 aromatic rings. The summed E-state index contributed by atoms with van der Waals surface area (Å²) in [6, 6.07) is 8.01. The summed E-state index contributed by atoms with van der Waals surface area (Å²) in [6.07, 6.45) is 1.51. The van der Waals surface area contributed by atoms with Crippen molar-refractivity contribution in [1.82, 2.24) is 0 Å². The fourth-order valence-electron chi connectivity index (χ4n) is 1.69. The maximum atomic E-state index is 11.5. The van der Waals surface area contributed by atoms with Gasteiger partial charge in [0, 0.05) is 5.88 Å². The Morgan fingerprint density at radius 1 is 1.44 bits per heavy atom. The minimum atomic E-state index is -0.140. The average Bonchev–Trinajstić information content (AvgIpc) is 2.35. The highest BCUT2D eigenvalue weighted by atomic mass is 35.5. The third kappa shape index (κ3) is 3.53. The molecule has 0 heterocycles. The summed E-state index contributed by atoms with van der Waals surface area (Å²) in [4.78, 5) is 11.5. The number of methoxy groups -OCH3 is 1. The summed E-state index contributed by atoms with van der Waals surface area (Å²) >= 11 is 5.77. The second-order valence-corrected chi connectivity index (χ2v) is 4.05. The van der Waals surface area contributed by atoms with E-state index in [1.54, 1.807) is 0 Å². The van der Waals surface area contributed by atoms with E-state index in [0.29, 0.717) is 12.3 Å². The van der Waals surface area contributed by atoms with Crippen LogP contribution in [0.25, 0.3) is 0 Å². The number of alkyl halides is 1. The average molecular weight is 241 g/mol. The molecular formula is C13H17ClO2. The molecule has 0 radical (unpaired) electrons. The molecule has 0 aromatic heterocycles. The summed E-state index contributed by atoms with van der Waals surface area (Å²) in [7, 11) is 1.43. The molecule has 1 rings (SSSR count). The number of benzene rings is 1. The lowest BCUT2D eigenvalue weighted by molar-refractivity contribution is -0.145. The van der Waals surface area contributed by atoms with E-state index < -0.39 is 0 Å². The number of halogens is 1. The standard InChI is InChI=1S/C13H17ClO2/c1-3-12(13(15)16-2)8-10-5-4-6-11(7-10)9-14/h4-7,12H,3,8-9H2,1-2H3/t12-/m0/s1. The highest BCUT2D eigenvalue weighted by Gasteiger charge is 2.17. The van der Waals surface area contributed by atoms with Crippen LogP contribution in [0, 0.1) is 5.92 Å². The van der Waals surface area contributed by atoms with E-state index in [1.807, 2.05) is 31.2 Å². The maximum absolute atomic E-state index is 11.5. The highest BCUT2D eigenvalue weighted by Crippen LogP contribution is 2.16. The molecule has 2 nitrogen and oxygen atoms in total. The number of hydrogen-bond acceptors (Lipinski definition) is 2. The number of rotatable bonds is 5. The Bertz CT molecular complexity index is 350. The third-order valence-corrected chi connectivity index (χ3v) is 2.96. The minimum absolute atomic E-state index is 0.0597. The predicted octanol–water partition coefficient (Wildman–Crippen LogP) is 3.17. The zero-order valence-electron chi connectivity index (χ0n) is 9.70. The Hall–Kier alpha value is -1.02. The molecule has 1 atom stereocenters. The van der Waals surface area contributed by atoms with Gasteiger partial charge in [-0.2, -0.15) is 0 Å². The van der Waals surface area contributed by atoms with E-state index in [4.69, 9.17) is 16.3 Å². The number of carbonyl (C=O) groups excluding carboxylic acids is 1. The van der Waals surface area contributed by atoms with Gasteiger partial charge in [-0.1, -0.05) is 31.2 Å². The Labute approximate surface area is 102 Å². The molecule has 1 aromatic carbocycles. The van der Waals surface area contributed by atoms with Crippen LogP contribution in [0.3, 0.4) is 0 Å². The van der Waals surface area contributed by atoms with Crippen LogP contribution in [0.4, 0.5) is 0 Å². The SMILES string of the molecule is CC[C@@H](Cc1cccc(CCl)c1)C(=O)OC. The fraction of sp³-hybridized carbons (Fsp3) is 0.462. The van der Waals surface area contributed by atoms with Crippen molar-refractivity contribution in [2.75, 3.05) is 7.11 Å². The molecule has 0 aliphatic carbocycles. The molecule has 0 saturated heterocycles. The maximum Gasteiger partial charge on any atom is 0.308 e. The number of hydrogen-bond donors (Lipinski definition) is 0. The monoisotopic (exact) mass is 240 g/mol. The molecular weight excluding hydrogens is 224 g/mol. The van der Waals surface area contributed by atoms with Gasteiger partial charge in [0.1, 0.15) is 0 Å². The summed E-state index contributed by atoms with van der Waals surface area (Å²) in [6.45, 7) is 1.99. The minimum Gasteiger partial charge on any atom is -0.469 e. The van der Waals surface area contributed by atoms with Gasteiger partial charge in [0.2, 0.25) is 0 Å². The lowest BCUT2D eigenvalue weighted by atomic mass is 9.96. The van der Waals surface area contributed by atoms with Crippen LogP contribution in [0.15, 0.2) is 24.3 Å². The van der Waals surface area contributed by atoms with Gasteiger partial charge in [-0.25, -0.2) is 0 Å². The normalized spacial score (nSPS) is 12.2. The molecule has 0 spiro atoms. The number of carbonyl (C=O) groups is 1. The summed E-state index contributed by atoms with van der Waals surface area (Å²) in [5.41, 5.74) is 2.22. The molecule has 0 fully saturated rings. The topological polar surface area (TPSA) is 26.3 Å². The van der Waals surface area contributed by atoms with Gasteiger partial charge in [-0.3, -0.25) is 4.79 Å². The van der Waals surface area contributed by atoms with Crippen LogP contribution in [0.1, 0.15) is 24.5 Å². The Morgan fingerprint density at radius 2 is 2.12 bits per heavy atom. The fourth-order valence-corrected chi connectivity index (χ4v) is 1.85. The van der Waals surface area contributed by atoms with Crippen LogP contribution in [-0.2, 0) is 21.8 Å². The largest absolute Gasteiger partial charge is 0.469 e. The zero-order valence-corrected chi connectivity index (χ0v) is 10.5. The first-order chi connectivity index (χ1) is 7.71. The molecule has 0 bridgehead atoms. The van der Waals surface area contributed by atoms with E-state index in [2.05, 4.69) is 0 Å². The van der Waals surface area contributed by atoms with Gasteiger partial charge in [0.15, 0.2) is 0 Å². The van der Waals surface area contributed by atoms with Crippen molar-refractivity contribution in [3.63, 3.8) is 0 Å². The van der Waals surface area contributed by atoms with Gasteiger partial charge in [0.05, 0.1) is 13.0 Å². The molecule has 0 unspecified atom stereocenters. The summed E-state index contributed by atoms with van der Waals surface area (Å²) < 4.78 is 4.77. The Balaban J connectivity index is 2.73. The summed E-state index contributed by atoms with van der Waals surface area (Å²) in [5, 5.41) is 0. The molecule has 16 heavy (non-hydrogen) atoms. The van der Waals surface area contributed by atoms with Crippen LogP contribution in [-0.4, -0.2) is 13.1 Å². The highest BCUT2D eigenvalue weighted by molar-refractivity contribution is 6.17. The lowest BCUT2D eigenvalue weighted by Crippen LogP contribution is -2.17. The van der Waals surface area contributed by atoms with E-state index in [0.717, 1.165) is 17.5 Å². The smallest absolute Gasteiger partial charge is 0.308 e. The number of ether oxygens (including phenoxy) is 1. The molecule has 0 saturated carbocycles. The van der Waals surface area contributed by atoms with E-state index in [1.165, 1.54) is 7.11 Å². The van der Waals surface area contributed by atoms with E-state index in [9.17, 15) is 4.79 Å². The van der Waals surface area contributed by atoms with E-state index in [-0.39, 0.29) is 11.9 Å². The lowest BCUT2D eigenvalue weighted by Gasteiger charge is -2.12. The third-order valence-electron chi connectivity index (χ3n) is 2.66. The van der Waals surface area contributed by atoms with Gasteiger partial charge in [-0.05, 0) is 24.0 Å². The molecule has 0 amide bonds. The van der Waals surface area contributed by atoms with Crippen molar-refractivity contribution in [3.05, 3.63) is 35.4 Å². The van der Waals surface area contributed by atoms with Crippen molar-refractivity contribution in [2.45, 2.75) is 25.6 Å². The van der Waals surface area contributed by atoms with Crippen molar-refractivity contribution in [1.29, 1.82) is 0 Å². The molecule has 0 N–H and O–H groups in total.